The van der Waals surface area contributed by atoms with Crippen molar-refractivity contribution in [2.45, 2.75) is 25.4 Å². The predicted molar refractivity (Wildman–Crippen MR) is 76.2 cm³/mol. The topological polar surface area (TPSA) is 3.01 Å². The van der Waals surface area contributed by atoms with Crippen molar-refractivity contribution < 1.29 is 4.58 Å². The first kappa shape index (κ1) is 11.9. The molecule has 0 fully saturated rings. The standard InChI is InChI=1S/C13H20NSSi/c1-14(10-16(2,3)4)13-12-8-6-5-7-11(12)9-15-13/h5-8H,9-10H2,1-4H3/q+1/b14-13+. The minimum absolute atomic E-state index is 1.02. The Hall–Kier alpha value is -0.543. The Morgan fingerprint density at radius 2 is 1.94 bits per heavy atom. The fourth-order valence-corrected chi connectivity index (χ4v) is 5.06. The SMILES string of the molecule is C/[N+](C[Si](C)(C)C)=C1\SCc2ccccc21. The molecule has 0 spiro atoms. The number of nitrogens with zero attached hydrogens (tertiary/aromatic N) is 1. The molecule has 0 bridgehead atoms. The van der Waals surface area contributed by atoms with Crippen LogP contribution in [0.2, 0.25) is 19.6 Å². The highest BCUT2D eigenvalue weighted by molar-refractivity contribution is 8.14. The Bertz CT molecular complexity index is 432. The second-order valence-electron chi connectivity index (χ2n) is 5.67. The maximum atomic E-state index is 2.46. The zero-order valence-corrected chi connectivity index (χ0v) is 12.4. The van der Waals surface area contributed by atoms with Crippen molar-refractivity contribution in [2.75, 3.05) is 13.2 Å². The van der Waals surface area contributed by atoms with E-state index in [4.69, 9.17) is 0 Å². The van der Waals surface area contributed by atoms with Crippen LogP contribution in [0, 0.1) is 0 Å². The summed E-state index contributed by atoms with van der Waals surface area (Å²) in [5, 5.41) is 1.47. The lowest BCUT2D eigenvalue weighted by molar-refractivity contribution is -0.476. The van der Waals surface area contributed by atoms with E-state index in [9.17, 15) is 0 Å². The van der Waals surface area contributed by atoms with E-state index < -0.39 is 8.07 Å². The highest BCUT2D eigenvalue weighted by atomic mass is 32.2. The number of thioether (sulfide) groups is 1. The number of hydrogen-bond donors (Lipinski definition) is 0. The van der Waals surface area contributed by atoms with Crippen LogP contribution in [0.4, 0.5) is 0 Å². The third kappa shape index (κ3) is 2.58. The summed E-state index contributed by atoms with van der Waals surface area (Å²) in [4.78, 5) is 0. The monoisotopic (exact) mass is 250 g/mol. The molecule has 1 aromatic carbocycles. The second kappa shape index (κ2) is 4.38. The molecule has 0 N–H and O–H groups in total. The van der Waals surface area contributed by atoms with Crippen molar-refractivity contribution in [3.8, 4) is 0 Å². The van der Waals surface area contributed by atoms with Gasteiger partial charge in [-0.25, -0.2) is 4.58 Å². The Labute approximate surface area is 104 Å². The van der Waals surface area contributed by atoms with E-state index in [1.54, 1.807) is 0 Å². The number of benzene rings is 1. The molecule has 1 aromatic rings. The van der Waals surface area contributed by atoms with E-state index in [-0.39, 0.29) is 0 Å². The van der Waals surface area contributed by atoms with E-state index in [2.05, 4.69) is 55.5 Å². The molecule has 0 amide bonds. The van der Waals surface area contributed by atoms with Gasteiger partial charge in [0.2, 0.25) is 5.04 Å². The largest absolute Gasteiger partial charge is 0.242 e. The van der Waals surface area contributed by atoms with Gasteiger partial charge < -0.3 is 0 Å². The lowest BCUT2D eigenvalue weighted by Gasteiger charge is -2.12. The summed E-state index contributed by atoms with van der Waals surface area (Å²) in [6, 6.07) is 8.79. The quantitative estimate of drug-likeness (QED) is 0.575. The van der Waals surface area contributed by atoms with Crippen LogP contribution < -0.4 is 0 Å². The molecule has 0 atom stereocenters. The molecular weight excluding hydrogens is 230 g/mol. The molecular formula is C13H20NSSi+. The molecule has 1 nitrogen and oxygen atoms in total. The summed E-state index contributed by atoms with van der Waals surface area (Å²) in [6.45, 7) is 7.28. The first-order valence-corrected chi connectivity index (χ1v) is 10.5. The molecule has 0 saturated heterocycles. The lowest BCUT2D eigenvalue weighted by atomic mass is 10.1. The summed E-state index contributed by atoms with van der Waals surface area (Å²) in [5.74, 6) is 1.14. The van der Waals surface area contributed by atoms with E-state index >= 15 is 0 Å². The summed E-state index contributed by atoms with van der Waals surface area (Å²) in [7, 11) is 1.22. The van der Waals surface area contributed by atoms with Gasteiger partial charge in [-0.05, 0) is 11.6 Å². The Morgan fingerprint density at radius 1 is 1.25 bits per heavy atom. The van der Waals surface area contributed by atoms with Crippen LogP contribution >= 0.6 is 11.8 Å². The van der Waals surface area contributed by atoms with Crippen molar-refractivity contribution >= 4 is 24.9 Å². The summed E-state index contributed by atoms with van der Waals surface area (Å²) >= 11 is 1.98. The molecule has 0 unspecified atom stereocenters. The smallest absolute Gasteiger partial charge is 0.231 e. The Kier molecular flexibility index (Phi) is 3.26. The Balaban J connectivity index is 2.33. The normalized spacial score (nSPS) is 18.5. The lowest BCUT2D eigenvalue weighted by Crippen LogP contribution is -2.35. The van der Waals surface area contributed by atoms with Crippen LogP contribution in [0.5, 0.6) is 0 Å². The maximum Gasteiger partial charge on any atom is 0.242 e. The number of rotatable bonds is 2. The molecule has 0 aliphatic carbocycles. The molecule has 1 aliphatic heterocycles. The maximum absolute atomic E-state index is 2.46. The van der Waals surface area contributed by atoms with Crippen LogP contribution in [-0.4, -0.2) is 30.9 Å². The fourth-order valence-electron chi connectivity index (χ4n) is 2.18. The molecule has 0 aromatic heterocycles. The molecule has 86 valence electrons. The molecule has 3 heteroatoms. The van der Waals surface area contributed by atoms with Gasteiger partial charge in [-0.2, -0.15) is 0 Å². The van der Waals surface area contributed by atoms with E-state index in [0.717, 1.165) is 5.75 Å². The highest BCUT2D eigenvalue weighted by Gasteiger charge is 2.28. The molecule has 0 radical (unpaired) electrons. The van der Waals surface area contributed by atoms with E-state index in [1.165, 1.54) is 22.3 Å². The third-order valence-electron chi connectivity index (χ3n) is 2.67. The molecule has 2 rings (SSSR count). The van der Waals surface area contributed by atoms with Crippen LogP contribution in [0.3, 0.4) is 0 Å². The molecule has 16 heavy (non-hydrogen) atoms. The Morgan fingerprint density at radius 3 is 2.62 bits per heavy atom. The van der Waals surface area contributed by atoms with Gasteiger partial charge in [0.25, 0.3) is 0 Å². The van der Waals surface area contributed by atoms with Crippen molar-refractivity contribution in [1.29, 1.82) is 0 Å². The second-order valence-corrected chi connectivity index (χ2v) is 12.1. The third-order valence-corrected chi connectivity index (χ3v) is 5.35. The number of fused-ring (bicyclic) bond motifs is 1. The minimum Gasteiger partial charge on any atom is -0.231 e. The van der Waals surface area contributed by atoms with Gasteiger partial charge in [-0.3, -0.25) is 0 Å². The van der Waals surface area contributed by atoms with Crippen LogP contribution in [-0.2, 0) is 5.75 Å². The average molecular weight is 250 g/mol. The highest BCUT2D eigenvalue weighted by Crippen LogP contribution is 2.30. The summed E-state index contributed by atoms with van der Waals surface area (Å²) < 4.78 is 2.46. The van der Waals surface area contributed by atoms with Crippen molar-refractivity contribution in [2.24, 2.45) is 0 Å². The average Bonchev–Trinajstić information content (AvgIpc) is 2.58. The zero-order chi connectivity index (χ0) is 11.8. The predicted octanol–water partition coefficient (Wildman–Crippen LogP) is 3.20. The van der Waals surface area contributed by atoms with Gasteiger partial charge in [-0.15, -0.1) is 0 Å². The van der Waals surface area contributed by atoms with E-state index in [0.29, 0.717) is 0 Å². The van der Waals surface area contributed by atoms with Crippen LogP contribution in [0.25, 0.3) is 0 Å². The first-order chi connectivity index (χ1) is 7.47. The zero-order valence-electron chi connectivity index (χ0n) is 10.6. The summed E-state index contributed by atoms with van der Waals surface area (Å²) in [5.41, 5.74) is 2.94. The van der Waals surface area contributed by atoms with Gasteiger partial charge in [0.05, 0.1) is 5.56 Å². The van der Waals surface area contributed by atoms with Crippen LogP contribution in [0.15, 0.2) is 24.3 Å². The minimum atomic E-state index is -1.02. The van der Waals surface area contributed by atoms with Gasteiger partial charge in [0, 0.05) is 5.75 Å². The molecule has 0 saturated carbocycles. The number of hydrogen-bond acceptors (Lipinski definition) is 1. The fraction of sp³-hybridized carbons (Fsp3) is 0.462. The van der Waals surface area contributed by atoms with E-state index in [1.807, 2.05) is 11.8 Å². The first-order valence-electron chi connectivity index (χ1n) is 5.76. The van der Waals surface area contributed by atoms with Gasteiger partial charge in [0.1, 0.15) is 21.3 Å². The van der Waals surface area contributed by atoms with Crippen molar-refractivity contribution in [1.82, 2.24) is 0 Å². The van der Waals surface area contributed by atoms with Gasteiger partial charge in [0.15, 0.2) is 0 Å². The molecule has 1 aliphatic rings. The van der Waals surface area contributed by atoms with Crippen LogP contribution in [0.1, 0.15) is 11.1 Å². The van der Waals surface area contributed by atoms with Gasteiger partial charge in [-0.1, -0.05) is 49.6 Å². The molecule has 1 heterocycles. The summed E-state index contributed by atoms with van der Waals surface area (Å²) in [6.07, 6.45) is 1.24. The van der Waals surface area contributed by atoms with Crippen molar-refractivity contribution in [3.63, 3.8) is 0 Å². The van der Waals surface area contributed by atoms with Crippen molar-refractivity contribution in [3.05, 3.63) is 35.4 Å². The van der Waals surface area contributed by atoms with Gasteiger partial charge >= 0.3 is 0 Å².